The fourth-order valence-corrected chi connectivity index (χ4v) is 2.83. The highest BCUT2D eigenvalue weighted by atomic mass is 16.5. The summed E-state index contributed by atoms with van der Waals surface area (Å²) in [4.78, 5) is 18.8. The maximum Gasteiger partial charge on any atom is 0.254 e. The van der Waals surface area contributed by atoms with E-state index in [0.717, 1.165) is 29.9 Å². The summed E-state index contributed by atoms with van der Waals surface area (Å²) in [6.07, 6.45) is 5.67. The highest BCUT2D eigenvalue weighted by Crippen LogP contribution is 2.22. The molecule has 0 aromatic carbocycles. The van der Waals surface area contributed by atoms with E-state index in [-0.39, 0.29) is 12.0 Å². The maximum atomic E-state index is 12.8. The van der Waals surface area contributed by atoms with Gasteiger partial charge in [-0.3, -0.25) is 9.78 Å². The molecule has 23 heavy (non-hydrogen) atoms. The molecule has 0 radical (unpaired) electrons. The SMILES string of the molecule is CCc1cnccc1C(=O)N1CCO[C@H](c2nncn2CC)C1. The number of aromatic nitrogens is 4. The molecule has 2 aromatic heterocycles. The summed E-state index contributed by atoms with van der Waals surface area (Å²) in [5.74, 6) is 0.801. The fourth-order valence-electron chi connectivity index (χ4n) is 2.83. The summed E-state index contributed by atoms with van der Waals surface area (Å²) in [5.41, 5.74) is 1.69. The quantitative estimate of drug-likeness (QED) is 0.854. The van der Waals surface area contributed by atoms with E-state index in [4.69, 9.17) is 4.74 Å². The second-order valence-corrected chi connectivity index (χ2v) is 5.47. The van der Waals surface area contributed by atoms with Crippen LogP contribution >= 0.6 is 0 Å². The van der Waals surface area contributed by atoms with E-state index < -0.39 is 0 Å². The van der Waals surface area contributed by atoms with Gasteiger partial charge in [-0.1, -0.05) is 6.92 Å². The Kier molecular flexibility index (Phi) is 4.66. The third kappa shape index (κ3) is 3.10. The molecule has 0 unspecified atom stereocenters. The predicted octanol–water partition coefficient (Wildman–Crippen LogP) is 1.47. The average Bonchev–Trinajstić information content (AvgIpc) is 3.10. The Hall–Kier alpha value is -2.28. The Balaban J connectivity index is 1.79. The third-order valence-electron chi connectivity index (χ3n) is 4.14. The number of pyridine rings is 1. The lowest BCUT2D eigenvalue weighted by atomic mass is 10.1. The van der Waals surface area contributed by atoms with E-state index in [9.17, 15) is 4.79 Å². The molecule has 0 spiro atoms. The van der Waals surface area contributed by atoms with Crippen molar-refractivity contribution in [2.24, 2.45) is 0 Å². The molecular formula is C16H21N5O2. The summed E-state index contributed by atoms with van der Waals surface area (Å²) >= 11 is 0. The number of hydrogen-bond acceptors (Lipinski definition) is 5. The van der Waals surface area contributed by atoms with Crippen LogP contribution in [-0.2, 0) is 17.7 Å². The van der Waals surface area contributed by atoms with Crippen LogP contribution in [0.1, 0.15) is 41.7 Å². The van der Waals surface area contributed by atoms with Crippen molar-refractivity contribution in [2.75, 3.05) is 19.7 Å². The van der Waals surface area contributed by atoms with Gasteiger partial charge in [0.2, 0.25) is 0 Å². The van der Waals surface area contributed by atoms with Crippen molar-refractivity contribution in [3.63, 3.8) is 0 Å². The standard InChI is InChI=1S/C16H21N5O2/c1-3-12-9-17-6-5-13(12)16(22)21-7-8-23-14(10-21)15-19-18-11-20(15)4-2/h5-6,9,11,14H,3-4,7-8,10H2,1-2H3/t14-/m0/s1. The number of hydrogen-bond donors (Lipinski definition) is 0. The highest BCUT2D eigenvalue weighted by Gasteiger charge is 2.29. The van der Waals surface area contributed by atoms with Crippen LogP contribution in [0.3, 0.4) is 0 Å². The minimum atomic E-state index is -0.234. The molecule has 2 aromatic rings. The molecule has 0 N–H and O–H groups in total. The van der Waals surface area contributed by atoms with Gasteiger partial charge in [-0.2, -0.15) is 0 Å². The largest absolute Gasteiger partial charge is 0.366 e. The van der Waals surface area contributed by atoms with Gasteiger partial charge in [0.05, 0.1) is 13.2 Å². The van der Waals surface area contributed by atoms with Crippen molar-refractivity contribution in [2.45, 2.75) is 32.9 Å². The first-order valence-corrected chi connectivity index (χ1v) is 7.96. The van der Waals surface area contributed by atoms with Crippen molar-refractivity contribution in [1.82, 2.24) is 24.6 Å². The van der Waals surface area contributed by atoms with Crippen molar-refractivity contribution in [1.29, 1.82) is 0 Å². The van der Waals surface area contributed by atoms with Crippen molar-refractivity contribution in [3.05, 3.63) is 41.7 Å². The Morgan fingerprint density at radius 3 is 3.09 bits per heavy atom. The molecular weight excluding hydrogens is 294 g/mol. The lowest BCUT2D eigenvalue weighted by Gasteiger charge is -2.32. The van der Waals surface area contributed by atoms with Crippen LogP contribution in [0.25, 0.3) is 0 Å². The summed E-state index contributed by atoms with van der Waals surface area (Å²) in [5, 5.41) is 8.10. The molecule has 1 atom stereocenters. The highest BCUT2D eigenvalue weighted by molar-refractivity contribution is 5.95. The van der Waals surface area contributed by atoms with Crippen LogP contribution in [0.2, 0.25) is 0 Å². The molecule has 1 aliphatic rings. The van der Waals surface area contributed by atoms with Crippen molar-refractivity contribution in [3.8, 4) is 0 Å². The summed E-state index contributed by atoms with van der Waals surface area (Å²) in [7, 11) is 0. The van der Waals surface area contributed by atoms with Crippen LogP contribution in [0.5, 0.6) is 0 Å². The van der Waals surface area contributed by atoms with E-state index in [0.29, 0.717) is 19.7 Å². The summed E-state index contributed by atoms with van der Waals surface area (Å²) in [6, 6.07) is 1.79. The molecule has 1 saturated heterocycles. The molecule has 7 nitrogen and oxygen atoms in total. The van der Waals surface area contributed by atoms with Gasteiger partial charge in [-0.05, 0) is 25.0 Å². The lowest BCUT2D eigenvalue weighted by Crippen LogP contribution is -2.43. The maximum absolute atomic E-state index is 12.8. The average molecular weight is 315 g/mol. The Labute approximate surface area is 135 Å². The Bertz CT molecular complexity index is 685. The van der Waals surface area contributed by atoms with Gasteiger partial charge in [0.25, 0.3) is 5.91 Å². The molecule has 0 bridgehead atoms. The monoisotopic (exact) mass is 315 g/mol. The summed E-state index contributed by atoms with van der Waals surface area (Å²) in [6.45, 7) is 6.41. The van der Waals surface area contributed by atoms with Crippen LogP contribution in [0.15, 0.2) is 24.8 Å². The smallest absolute Gasteiger partial charge is 0.254 e. The zero-order chi connectivity index (χ0) is 16.2. The van der Waals surface area contributed by atoms with E-state index in [1.54, 1.807) is 24.8 Å². The van der Waals surface area contributed by atoms with Gasteiger partial charge in [0.15, 0.2) is 5.82 Å². The number of rotatable bonds is 4. The number of aryl methyl sites for hydroxylation is 2. The number of nitrogens with zero attached hydrogens (tertiary/aromatic N) is 5. The molecule has 0 aliphatic carbocycles. The van der Waals surface area contributed by atoms with Crippen molar-refractivity contribution >= 4 is 5.91 Å². The van der Waals surface area contributed by atoms with Crippen LogP contribution < -0.4 is 0 Å². The number of morpholine rings is 1. The summed E-state index contributed by atoms with van der Waals surface area (Å²) < 4.78 is 7.76. The molecule has 3 rings (SSSR count). The van der Waals surface area contributed by atoms with Gasteiger partial charge in [-0.15, -0.1) is 10.2 Å². The van der Waals surface area contributed by atoms with Gasteiger partial charge < -0.3 is 14.2 Å². The molecule has 122 valence electrons. The lowest BCUT2D eigenvalue weighted by molar-refractivity contribution is -0.0284. The van der Waals surface area contributed by atoms with E-state index in [2.05, 4.69) is 15.2 Å². The van der Waals surface area contributed by atoms with Crippen LogP contribution in [-0.4, -0.2) is 50.3 Å². The van der Waals surface area contributed by atoms with Crippen molar-refractivity contribution < 1.29 is 9.53 Å². The number of amides is 1. The zero-order valence-electron chi connectivity index (χ0n) is 13.5. The van der Waals surface area contributed by atoms with Gasteiger partial charge in [-0.25, -0.2) is 0 Å². The second-order valence-electron chi connectivity index (χ2n) is 5.47. The normalized spacial score (nSPS) is 18.2. The van der Waals surface area contributed by atoms with Gasteiger partial charge >= 0.3 is 0 Å². The Morgan fingerprint density at radius 2 is 2.30 bits per heavy atom. The Morgan fingerprint density at radius 1 is 1.43 bits per heavy atom. The minimum absolute atomic E-state index is 0.0279. The minimum Gasteiger partial charge on any atom is -0.366 e. The predicted molar refractivity (Wildman–Crippen MR) is 83.9 cm³/mol. The third-order valence-corrected chi connectivity index (χ3v) is 4.14. The molecule has 3 heterocycles. The first kappa shape index (κ1) is 15.6. The van der Waals surface area contributed by atoms with Crippen LogP contribution in [0.4, 0.5) is 0 Å². The number of carbonyl (C=O) groups is 1. The number of ether oxygens (including phenoxy) is 1. The molecule has 1 fully saturated rings. The van der Waals surface area contributed by atoms with Gasteiger partial charge in [0, 0.05) is 31.0 Å². The topological polar surface area (TPSA) is 73.1 Å². The van der Waals surface area contributed by atoms with Crippen LogP contribution in [0, 0.1) is 0 Å². The fraction of sp³-hybridized carbons (Fsp3) is 0.500. The molecule has 1 aliphatic heterocycles. The molecule has 0 saturated carbocycles. The first-order chi connectivity index (χ1) is 11.2. The zero-order valence-corrected chi connectivity index (χ0v) is 13.5. The number of carbonyl (C=O) groups excluding carboxylic acids is 1. The van der Waals surface area contributed by atoms with Gasteiger partial charge in [0.1, 0.15) is 12.4 Å². The second kappa shape index (κ2) is 6.87. The molecule has 1 amide bonds. The molecule has 7 heteroatoms. The van der Waals surface area contributed by atoms with E-state index >= 15 is 0 Å². The first-order valence-electron chi connectivity index (χ1n) is 7.96. The van der Waals surface area contributed by atoms with E-state index in [1.807, 2.05) is 23.3 Å². The van der Waals surface area contributed by atoms with E-state index in [1.165, 1.54) is 0 Å².